The van der Waals surface area contributed by atoms with Gasteiger partial charge in [-0.25, -0.2) is 10.2 Å². The molecule has 0 bridgehead atoms. The van der Waals surface area contributed by atoms with E-state index in [1.165, 1.54) is 44.2 Å². The number of hydrazone groups is 1. The summed E-state index contributed by atoms with van der Waals surface area (Å²) in [7, 11) is 0. The third kappa shape index (κ3) is 9.53. The van der Waals surface area contributed by atoms with Gasteiger partial charge in [-0.2, -0.15) is 5.10 Å². The Bertz CT molecular complexity index is 883. The number of halogens is 2. The Kier molecular flexibility index (Phi) is 11.1. The molecule has 0 saturated heterocycles. The van der Waals surface area contributed by atoms with Crippen LogP contribution in [0.5, 0.6) is 5.75 Å². The van der Waals surface area contributed by atoms with E-state index in [1.807, 2.05) is 0 Å². The van der Waals surface area contributed by atoms with E-state index in [2.05, 4.69) is 17.5 Å². The molecular formula is C24H28Cl2N2O3. The minimum atomic E-state index is -0.569. The van der Waals surface area contributed by atoms with Crippen molar-refractivity contribution in [3.05, 3.63) is 63.6 Å². The van der Waals surface area contributed by atoms with E-state index in [0.29, 0.717) is 17.2 Å². The number of unbranched alkanes of at least 4 members (excludes halogenated alkanes) is 6. The largest absolute Gasteiger partial charge is 0.423 e. The van der Waals surface area contributed by atoms with Crippen molar-refractivity contribution in [3.8, 4) is 5.75 Å². The molecule has 2 aromatic carbocycles. The van der Waals surface area contributed by atoms with Crippen LogP contribution in [0.1, 0.15) is 74.2 Å². The predicted molar refractivity (Wildman–Crippen MR) is 126 cm³/mol. The average molecular weight is 463 g/mol. The fraction of sp³-hybridized carbons (Fsp3) is 0.375. The number of hydrogen-bond donors (Lipinski definition) is 1. The zero-order valence-electron chi connectivity index (χ0n) is 17.7. The first-order chi connectivity index (χ1) is 15.0. The molecule has 7 heteroatoms. The summed E-state index contributed by atoms with van der Waals surface area (Å²) < 4.78 is 5.32. The minimum Gasteiger partial charge on any atom is -0.423 e. The summed E-state index contributed by atoms with van der Waals surface area (Å²) in [6.45, 7) is 2.20. The monoisotopic (exact) mass is 462 g/mol. The van der Waals surface area contributed by atoms with Gasteiger partial charge in [-0.15, -0.1) is 0 Å². The van der Waals surface area contributed by atoms with E-state index in [4.69, 9.17) is 27.9 Å². The molecule has 0 aliphatic carbocycles. The molecule has 0 radical (unpaired) electrons. The Hall–Kier alpha value is -2.37. The third-order valence-corrected chi connectivity index (χ3v) is 5.20. The Morgan fingerprint density at radius 3 is 2.32 bits per heavy atom. The summed E-state index contributed by atoms with van der Waals surface area (Å²) in [6.07, 6.45) is 10.2. The molecule has 2 aromatic rings. The number of amides is 1. The number of carbonyl (C=O) groups excluding carboxylic acids is 2. The first-order valence-electron chi connectivity index (χ1n) is 10.6. The van der Waals surface area contributed by atoms with Crippen LogP contribution in [0.4, 0.5) is 0 Å². The maximum atomic E-state index is 12.2. The van der Waals surface area contributed by atoms with E-state index >= 15 is 0 Å². The van der Waals surface area contributed by atoms with Crippen LogP contribution in [0.15, 0.2) is 47.6 Å². The van der Waals surface area contributed by atoms with Crippen LogP contribution in [-0.4, -0.2) is 18.1 Å². The van der Waals surface area contributed by atoms with E-state index in [0.717, 1.165) is 18.4 Å². The standard InChI is InChI=1S/C24H28Cl2N2O3/c1-2-3-4-5-6-7-8-9-23(29)28-27-17-18-10-13-20(14-11-18)31-24(30)21-15-12-19(25)16-22(21)26/h10-17H,2-9H2,1H3,(H,28,29). The molecule has 31 heavy (non-hydrogen) atoms. The van der Waals surface area contributed by atoms with Crippen LogP contribution >= 0.6 is 23.2 Å². The molecule has 166 valence electrons. The number of nitrogens with zero attached hydrogens (tertiary/aromatic N) is 1. The smallest absolute Gasteiger partial charge is 0.345 e. The van der Waals surface area contributed by atoms with Crippen molar-refractivity contribution < 1.29 is 14.3 Å². The zero-order valence-corrected chi connectivity index (χ0v) is 19.2. The number of esters is 1. The van der Waals surface area contributed by atoms with Crippen molar-refractivity contribution in [2.45, 2.75) is 58.3 Å². The highest BCUT2D eigenvalue weighted by Gasteiger charge is 2.13. The lowest BCUT2D eigenvalue weighted by Gasteiger charge is -2.06. The molecule has 1 N–H and O–H groups in total. The summed E-state index contributed by atoms with van der Waals surface area (Å²) >= 11 is 11.9. The maximum Gasteiger partial charge on any atom is 0.345 e. The first kappa shape index (κ1) is 24.9. The number of carbonyl (C=O) groups is 2. The average Bonchev–Trinajstić information content (AvgIpc) is 2.74. The van der Waals surface area contributed by atoms with Gasteiger partial charge in [0.25, 0.3) is 0 Å². The van der Waals surface area contributed by atoms with Crippen molar-refractivity contribution in [2.75, 3.05) is 0 Å². The number of rotatable bonds is 12. The topological polar surface area (TPSA) is 67.8 Å². The highest BCUT2D eigenvalue weighted by Crippen LogP contribution is 2.23. The quantitative estimate of drug-likeness (QED) is 0.124. The van der Waals surface area contributed by atoms with Crippen LogP contribution < -0.4 is 10.2 Å². The van der Waals surface area contributed by atoms with Crippen molar-refractivity contribution in [1.29, 1.82) is 0 Å². The molecule has 2 rings (SSSR count). The van der Waals surface area contributed by atoms with Gasteiger partial charge in [0, 0.05) is 11.4 Å². The van der Waals surface area contributed by atoms with Crippen molar-refractivity contribution in [2.24, 2.45) is 5.10 Å². The van der Waals surface area contributed by atoms with Gasteiger partial charge >= 0.3 is 5.97 Å². The van der Waals surface area contributed by atoms with Crippen molar-refractivity contribution in [3.63, 3.8) is 0 Å². The summed E-state index contributed by atoms with van der Waals surface area (Å²) in [6, 6.07) is 11.3. The van der Waals surface area contributed by atoms with Crippen LogP contribution in [0.25, 0.3) is 0 Å². The summed E-state index contributed by atoms with van der Waals surface area (Å²) in [4.78, 5) is 24.1. The fourth-order valence-electron chi connectivity index (χ4n) is 2.92. The summed E-state index contributed by atoms with van der Waals surface area (Å²) in [5.41, 5.74) is 3.54. The number of benzene rings is 2. The molecule has 5 nitrogen and oxygen atoms in total. The molecule has 0 fully saturated rings. The van der Waals surface area contributed by atoms with E-state index < -0.39 is 5.97 Å². The fourth-order valence-corrected chi connectivity index (χ4v) is 3.40. The van der Waals surface area contributed by atoms with Crippen LogP contribution in [0.3, 0.4) is 0 Å². The highest BCUT2D eigenvalue weighted by molar-refractivity contribution is 6.36. The SMILES string of the molecule is CCCCCCCCCC(=O)NN=Cc1ccc(OC(=O)c2ccc(Cl)cc2Cl)cc1. The molecule has 0 aromatic heterocycles. The Labute approximate surface area is 193 Å². The molecule has 0 saturated carbocycles. The van der Waals surface area contributed by atoms with Gasteiger partial charge < -0.3 is 4.74 Å². The lowest BCUT2D eigenvalue weighted by Crippen LogP contribution is -2.16. The van der Waals surface area contributed by atoms with Crippen LogP contribution in [0.2, 0.25) is 10.0 Å². The maximum absolute atomic E-state index is 12.2. The molecule has 0 unspecified atom stereocenters. The predicted octanol–water partition coefficient (Wildman–Crippen LogP) is 6.80. The molecule has 0 atom stereocenters. The van der Waals surface area contributed by atoms with Gasteiger partial charge in [0.05, 0.1) is 16.8 Å². The van der Waals surface area contributed by atoms with Gasteiger partial charge in [-0.05, 0) is 54.4 Å². The second-order valence-electron chi connectivity index (χ2n) is 7.25. The van der Waals surface area contributed by atoms with Crippen LogP contribution in [0, 0.1) is 0 Å². The summed E-state index contributed by atoms with van der Waals surface area (Å²) in [5.74, 6) is -0.285. The molecule has 0 heterocycles. The second-order valence-corrected chi connectivity index (χ2v) is 8.09. The Balaban J connectivity index is 1.72. The van der Waals surface area contributed by atoms with Crippen LogP contribution in [-0.2, 0) is 4.79 Å². The van der Waals surface area contributed by atoms with E-state index in [9.17, 15) is 9.59 Å². The van der Waals surface area contributed by atoms with Crippen molar-refractivity contribution in [1.82, 2.24) is 5.43 Å². The minimum absolute atomic E-state index is 0.0878. The lowest BCUT2D eigenvalue weighted by molar-refractivity contribution is -0.121. The molecule has 0 aliphatic rings. The van der Waals surface area contributed by atoms with Gasteiger partial charge in [0.1, 0.15) is 5.75 Å². The highest BCUT2D eigenvalue weighted by atomic mass is 35.5. The number of nitrogens with one attached hydrogen (secondary N) is 1. The zero-order chi connectivity index (χ0) is 22.5. The first-order valence-corrected chi connectivity index (χ1v) is 11.3. The van der Waals surface area contributed by atoms with Crippen molar-refractivity contribution >= 4 is 41.3 Å². The van der Waals surface area contributed by atoms with Gasteiger partial charge in [-0.1, -0.05) is 68.7 Å². The number of hydrogen-bond acceptors (Lipinski definition) is 4. The summed E-state index contributed by atoms with van der Waals surface area (Å²) in [5, 5.41) is 4.65. The van der Waals surface area contributed by atoms with Gasteiger partial charge in [-0.3, -0.25) is 4.79 Å². The van der Waals surface area contributed by atoms with Gasteiger partial charge in [0.15, 0.2) is 0 Å². The van der Waals surface area contributed by atoms with E-state index in [1.54, 1.807) is 36.5 Å². The number of ether oxygens (including phenoxy) is 1. The third-order valence-electron chi connectivity index (χ3n) is 4.65. The lowest BCUT2D eigenvalue weighted by atomic mass is 10.1. The van der Waals surface area contributed by atoms with E-state index in [-0.39, 0.29) is 16.5 Å². The van der Waals surface area contributed by atoms with Gasteiger partial charge in [0.2, 0.25) is 5.91 Å². The molecule has 0 aliphatic heterocycles. The Morgan fingerprint density at radius 1 is 0.968 bits per heavy atom. The molecule has 0 spiro atoms. The Morgan fingerprint density at radius 2 is 1.65 bits per heavy atom. The second kappa shape index (κ2) is 13.8. The molecule has 1 amide bonds. The molecular weight excluding hydrogens is 435 g/mol. The normalized spacial score (nSPS) is 10.9.